The molecule has 5 heteroatoms. The van der Waals surface area contributed by atoms with Crippen LogP contribution in [0.5, 0.6) is 0 Å². The number of ketones is 1. The van der Waals surface area contributed by atoms with Crippen LogP contribution in [0.1, 0.15) is 26.7 Å². The van der Waals surface area contributed by atoms with Gasteiger partial charge in [-0.3, -0.25) is 4.79 Å². The smallest absolute Gasteiger partial charge is 0.373 e. The Kier molecular flexibility index (Phi) is 3.89. The second kappa shape index (κ2) is 5.61. The summed E-state index contributed by atoms with van der Waals surface area (Å²) >= 11 is 0. The van der Waals surface area contributed by atoms with E-state index in [0.717, 1.165) is 5.69 Å². The van der Waals surface area contributed by atoms with Crippen LogP contribution in [0.3, 0.4) is 0 Å². The summed E-state index contributed by atoms with van der Waals surface area (Å²) in [5.74, 6) is -0.749. The van der Waals surface area contributed by atoms with E-state index in [1.54, 1.807) is 12.1 Å². The zero-order valence-electron chi connectivity index (χ0n) is 11.5. The standard InChI is InChI=1S/C15H15NO4/c1-16(2)11-6-4-10(5-7-11)14(17)12-8-9-13(20-12)15(18)19-3/h4-9H,1-3H3. The number of furan rings is 1. The van der Waals surface area contributed by atoms with Gasteiger partial charge >= 0.3 is 5.97 Å². The number of rotatable bonds is 4. The minimum atomic E-state index is -0.605. The van der Waals surface area contributed by atoms with Gasteiger partial charge in [0.2, 0.25) is 11.5 Å². The number of esters is 1. The number of carbonyl (C=O) groups excluding carboxylic acids is 2. The van der Waals surface area contributed by atoms with Crippen molar-refractivity contribution >= 4 is 17.4 Å². The van der Waals surface area contributed by atoms with E-state index >= 15 is 0 Å². The molecule has 0 unspecified atom stereocenters. The SMILES string of the molecule is COC(=O)c1ccc(C(=O)c2ccc(N(C)C)cc2)o1. The third kappa shape index (κ3) is 2.71. The number of methoxy groups -OCH3 is 1. The summed E-state index contributed by atoms with van der Waals surface area (Å²) in [5.41, 5.74) is 1.50. The van der Waals surface area contributed by atoms with E-state index < -0.39 is 5.97 Å². The lowest BCUT2D eigenvalue weighted by atomic mass is 10.1. The predicted molar refractivity (Wildman–Crippen MR) is 74.2 cm³/mol. The molecule has 5 nitrogen and oxygen atoms in total. The van der Waals surface area contributed by atoms with Gasteiger partial charge in [0.1, 0.15) is 0 Å². The number of hydrogen-bond acceptors (Lipinski definition) is 5. The summed E-state index contributed by atoms with van der Waals surface area (Å²) in [6, 6.07) is 10.0. The second-order valence-electron chi connectivity index (χ2n) is 4.43. The number of anilines is 1. The minimum absolute atomic E-state index is 0.0146. The first-order chi connectivity index (χ1) is 9.52. The maximum atomic E-state index is 12.2. The van der Waals surface area contributed by atoms with Crippen LogP contribution in [-0.4, -0.2) is 33.0 Å². The van der Waals surface area contributed by atoms with Crippen molar-refractivity contribution in [1.82, 2.24) is 0 Å². The van der Waals surface area contributed by atoms with Gasteiger partial charge in [-0.05, 0) is 36.4 Å². The van der Waals surface area contributed by atoms with Crippen LogP contribution in [0.25, 0.3) is 0 Å². The van der Waals surface area contributed by atoms with Crippen molar-refractivity contribution in [2.45, 2.75) is 0 Å². The minimum Gasteiger partial charge on any atom is -0.463 e. The van der Waals surface area contributed by atoms with E-state index in [1.165, 1.54) is 19.2 Å². The lowest BCUT2D eigenvalue weighted by molar-refractivity contribution is 0.0563. The fourth-order valence-electron chi connectivity index (χ4n) is 1.72. The van der Waals surface area contributed by atoms with Gasteiger partial charge in [-0.2, -0.15) is 0 Å². The quantitative estimate of drug-likeness (QED) is 0.632. The van der Waals surface area contributed by atoms with Crippen LogP contribution in [0, 0.1) is 0 Å². The van der Waals surface area contributed by atoms with Crippen molar-refractivity contribution in [3.8, 4) is 0 Å². The zero-order chi connectivity index (χ0) is 14.7. The van der Waals surface area contributed by atoms with Crippen LogP contribution in [0.15, 0.2) is 40.8 Å². The highest BCUT2D eigenvalue weighted by molar-refractivity contribution is 6.07. The summed E-state index contributed by atoms with van der Waals surface area (Å²) in [5, 5.41) is 0. The molecule has 0 aliphatic rings. The molecule has 0 atom stereocenters. The lowest BCUT2D eigenvalue weighted by Crippen LogP contribution is -2.09. The normalized spacial score (nSPS) is 10.2. The molecule has 1 aromatic carbocycles. The first-order valence-electron chi connectivity index (χ1n) is 6.03. The molecule has 0 aliphatic heterocycles. The highest BCUT2D eigenvalue weighted by Gasteiger charge is 2.17. The Morgan fingerprint density at radius 1 is 1.00 bits per heavy atom. The number of nitrogens with zero attached hydrogens (tertiary/aromatic N) is 1. The average molecular weight is 273 g/mol. The number of benzene rings is 1. The summed E-state index contributed by atoms with van der Waals surface area (Å²) in [6.07, 6.45) is 0. The molecule has 0 radical (unpaired) electrons. The van der Waals surface area contributed by atoms with E-state index in [4.69, 9.17) is 4.42 Å². The molecule has 0 amide bonds. The van der Waals surface area contributed by atoms with Gasteiger partial charge in [-0.1, -0.05) is 0 Å². The van der Waals surface area contributed by atoms with E-state index in [9.17, 15) is 9.59 Å². The highest BCUT2D eigenvalue weighted by Crippen LogP contribution is 2.17. The van der Waals surface area contributed by atoms with E-state index in [-0.39, 0.29) is 17.3 Å². The molecule has 0 saturated heterocycles. The molecule has 0 saturated carbocycles. The topological polar surface area (TPSA) is 59.8 Å². The monoisotopic (exact) mass is 273 g/mol. The van der Waals surface area contributed by atoms with Crippen molar-refractivity contribution in [2.24, 2.45) is 0 Å². The van der Waals surface area contributed by atoms with E-state index in [1.807, 2.05) is 31.1 Å². The van der Waals surface area contributed by atoms with Gasteiger partial charge in [-0.25, -0.2) is 4.79 Å². The van der Waals surface area contributed by atoms with Gasteiger partial charge in [0, 0.05) is 25.3 Å². The molecule has 2 aromatic rings. The molecule has 0 bridgehead atoms. The Morgan fingerprint density at radius 2 is 1.60 bits per heavy atom. The molecular formula is C15H15NO4. The molecule has 0 N–H and O–H groups in total. The molecule has 0 aliphatic carbocycles. The molecule has 0 fully saturated rings. The third-order valence-electron chi connectivity index (χ3n) is 2.86. The van der Waals surface area contributed by atoms with Gasteiger partial charge < -0.3 is 14.1 Å². The van der Waals surface area contributed by atoms with Crippen molar-refractivity contribution in [3.05, 3.63) is 53.5 Å². The Hall–Kier alpha value is -2.56. The van der Waals surface area contributed by atoms with Crippen LogP contribution in [0.2, 0.25) is 0 Å². The van der Waals surface area contributed by atoms with Crippen molar-refractivity contribution in [1.29, 1.82) is 0 Å². The number of carbonyl (C=O) groups is 2. The Balaban J connectivity index is 2.22. The lowest BCUT2D eigenvalue weighted by Gasteiger charge is -2.12. The third-order valence-corrected chi connectivity index (χ3v) is 2.86. The summed E-state index contributed by atoms with van der Waals surface area (Å²) < 4.78 is 9.72. The van der Waals surface area contributed by atoms with Gasteiger partial charge in [0.25, 0.3) is 0 Å². The largest absolute Gasteiger partial charge is 0.463 e. The molecule has 104 valence electrons. The highest BCUT2D eigenvalue weighted by atomic mass is 16.5. The first-order valence-corrected chi connectivity index (χ1v) is 6.03. The van der Waals surface area contributed by atoms with E-state index in [2.05, 4.69) is 4.74 Å². The average Bonchev–Trinajstić information content (AvgIpc) is 2.95. The van der Waals surface area contributed by atoms with Gasteiger partial charge in [0.15, 0.2) is 5.76 Å². The van der Waals surface area contributed by atoms with Gasteiger partial charge in [-0.15, -0.1) is 0 Å². The zero-order valence-corrected chi connectivity index (χ0v) is 11.5. The summed E-state index contributed by atoms with van der Waals surface area (Å²) in [7, 11) is 5.10. The van der Waals surface area contributed by atoms with E-state index in [0.29, 0.717) is 5.56 Å². The maximum Gasteiger partial charge on any atom is 0.373 e. The molecule has 0 spiro atoms. The van der Waals surface area contributed by atoms with Crippen LogP contribution < -0.4 is 4.90 Å². The Bertz CT molecular complexity index is 626. The maximum absolute atomic E-state index is 12.2. The molecular weight excluding hydrogens is 258 g/mol. The van der Waals surface area contributed by atoms with Crippen LogP contribution in [-0.2, 0) is 4.74 Å². The number of hydrogen-bond donors (Lipinski definition) is 0. The Labute approximate surface area is 116 Å². The summed E-state index contributed by atoms with van der Waals surface area (Å²) in [4.78, 5) is 25.4. The van der Waals surface area contributed by atoms with Crippen LogP contribution >= 0.6 is 0 Å². The fourth-order valence-corrected chi connectivity index (χ4v) is 1.72. The van der Waals surface area contributed by atoms with Crippen molar-refractivity contribution in [3.63, 3.8) is 0 Å². The molecule has 1 heterocycles. The van der Waals surface area contributed by atoms with Crippen LogP contribution in [0.4, 0.5) is 5.69 Å². The first kappa shape index (κ1) is 13.9. The molecule has 2 rings (SSSR count). The summed E-state index contributed by atoms with van der Waals surface area (Å²) in [6.45, 7) is 0. The van der Waals surface area contributed by atoms with Gasteiger partial charge in [0.05, 0.1) is 7.11 Å². The Morgan fingerprint density at radius 3 is 2.15 bits per heavy atom. The van der Waals surface area contributed by atoms with Crippen molar-refractivity contribution < 1.29 is 18.7 Å². The van der Waals surface area contributed by atoms with Crippen molar-refractivity contribution in [2.75, 3.05) is 26.1 Å². The second-order valence-corrected chi connectivity index (χ2v) is 4.43. The molecule has 1 aromatic heterocycles. The number of ether oxygens (including phenoxy) is 1. The molecule has 20 heavy (non-hydrogen) atoms. The predicted octanol–water partition coefficient (Wildman–Crippen LogP) is 2.36. The fraction of sp³-hybridized carbons (Fsp3) is 0.200.